The molecule has 348 valence electrons. The highest BCUT2D eigenvalue weighted by molar-refractivity contribution is 7.90. The summed E-state index contributed by atoms with van der Waals surface area (Å²) in [5, 5.41) is 7.29. The predicted molar refractivity (Wildman–Crippen MR) is 250 cm³/mol. The van der Waals surface area contributed by atoms with Gasteiger partial charge in [-0.25, -0.2) is 27.0 Å². The Balaban J connectivity index is 1.56. The second-order valence-electron chi connectivity index (χ2n) is 19.5. The lowest BCUT2D eigenvalue weighted by atomic mass is 9.93. The molecule has 6 aromatic rings. The van der Waals surface area contributed by atoms with Gasteiger partial charge in [-0.1, -0.05) is 70.2 Å². The number of carbonyl (C=O) groups is 2. The maximum atomic E-state index is 16.5. The molecule has 1 unspecified atom stereocenters. The van der Waals surface area contributed by atoms with Gasteiger partial charge in [-0.3, -0.25) is 18.6 Å². The first-order chi connectivity index (χ1) is 30.4. The van der Waals surface area contributed by atoms with E-state index in [1.54, 1.807) is 69.6 Å². The van der Waals surface area contributed by atoms with Crippen LogP contribution >= 0.6 is 0 Å². The molecule has 1 fully saturated rings. The molecule has 4 aromatic heterocycles. The zero-order chi connectivity index (χ0) is 47.6. The van der Waals surface area contributed by atoms with Crippen molar-refractivity contribution in [3.8, 4) is 22.4 Å². The van der Waals surface area contributed by atoms with Crippen molar-refractivity contribution in [3.63, 3.8) is 0 Å². The molecule has 1 aliphatic rings. The van der Waals surface area contributed by atoms with E-state index >= 15 is 12.8 Å². The summed E-state index contributed by atoms with van der Waals surface area (Å²) in [5.74, 6) is -1.50. The molecule has 18 heteroatoms. The third-order valence-electron chi connectivity index (χ3n) is 12.8. The molecule has 0 spiro atoms. The maximum Gasteiger partial charge on any atom is 0.407 e. The quantitative estimate of drug-likeness (QED) is 0.0924. The van der Waals surface area contributed by atoms with E-state index in [4.69, 9.17) is 18.9 Å². The van der Waals surface area contributed by atoms with Crippen molar-refractivity contribution in [3.05, 3.63) is 89.0 Å². The van der Waals surface area contributed by atoms with E-state index in [9.17, 15) is 14.4 Å². The molecule has 2 aromatic carbocycles. The maximum absolute atomic E-state index is 16.5. The minimum Gasteiger partial charge on any atom is -0.469 e. The fourth-order valence-electron chi connectivity index (χ4n) is 8.47. The number of alkyl carbamates (subject to hydrolysis) is 1. The van der Waals surface area contributed by atoms with Crippen LogP contribution in [-0.2, 0) is 42.3 Å². The zero-order valence-corrected chi connectivity index (χ0v) is 41.0. The first kappa shape index (κ1) is 47.4. The first-order valence-electron chi connectivity index (χ1n) is 21.9. The molecule has 7 rings (SSSR count). The average Bonchev–Trinajstić information content (AvgIpc) is 3.97. The molecule has 4 atom stereocenters. The molecule has 1 saturated carbocycles. The zero-order valence-electron chi connectivity index (χ0n) is 39.2. The third kappa shape index (κ3) is 8.91. The van der Waals surface area contributed by atoms with Crippen LogP contribution in [0.25, 0.3) is 44.5 Å². The molecule has 0 saturated heterocycles. The topological polar surface area (TPSA) is 171 Å². The molecular formula is C47H60FN7O8SSi. The van der Waals surface area contributed by atoms with Crippen molar-refractivity contribution >= 4 is 52.5 Å². The summed E-state index contributed by atoms with van der Waals surface area (Å²) in [7, 11) is -4.03. The van der Waals surface area contributed by atoms with Crippen LogP contribution in [0, 0.1) is 5.95 Å². The highest BCUT2D eigenvalue weighted by atomic mass is 32.2. The van der Waals surface area contributed by atoms with Gasteiger partial charge < -0.3 is 19.2 Å². The van der Waals surface area contributed by atoms with Crippen LogP contribution in [0.3, 0.4) is 0 Å². The lowest BCUT2D eigenvalue weighted by Gasteiger charge is -2.40. The van der Waals surface area contributed by atoms with Crippen LogP contribution in [-0.4, -0.2) is 81.5 Å². The van der Waals surface area contributed by atoms with E-state index in [1.807, 2.05) is 19.1 Å². The van der Waals surface area contributed by atoms with Crippen LogP contribution in [0.2, 0.25) is 18.1 Å². The van der Waals surface area contributed by atoms with Gasteiger partial charge >= 0.3 is 17.8 Å². The number of pyridine rings is 1. The number of nitrogens with one attached hydrogen (secondary N) is 1. The molecule has 0 aliphatic heterocycles. The largest absolute Gasteiger partial charge is 0.469 e. The number of halogens is 1. The van der Waals surface area contributed by atoms with E-state index in [0.29, 0.717) is 40.5 Å². The second-order valence-corrected chi connectivity index (χ2v) is 26.0. The fraction of sp³-hybridized carbons (Fsp3) is 0.468. The molecular weight excluding hydrogens is 870 g/mol. The number of hydrogen-bond acceptors (Lipinski definition) is 10. The number of aromatic nitrogens is 6. The van der Waals surface area contributed by atoms with Crippen LogP contribution in [0.5, 0.6) is 0 Å². The first-order valence-corrected chi connectivity index (χ1v) is 26.3. The molecule has 0 radical (unpaired) electrons. The second kappa shape index (κ2) is 17.3. The number of benzene rings is 2. The molecule has 65 heavy (non-hydrogen) atoms. The van der Waals surface area contributed by atoms with Crippen molar-refractivity contribution in [2.24, 2.45) is 7.05 Å². The molecule has 15 nitrogen and oxygen atoms in total. The monoisotopic (exact) mass is 929 g/mol. The number of fused-ring (bicyclic) bond motifs is 3. The number of nitrogens with zero attached hydrogens (tertiary/aromatic N) is 6. The lowest BCUT2D eigenvalue weighted by Crippen LogP contribution is -2.50. The number of amides is 1. The highest BCUT2D eigenvalue weighted by Gasteiger charge is 2.46. The number of aryl methyl sites for hydroxylation is 2. The molecule has 4 heterocycles. The van der Waals surface area contributed by atoms with E-state index in [0.717, 1.165) is 9.54 Å². The van der Waals surface area contributed by atoms with Crippen molar-refractivity contribution in [1.82, 2.24) is 33.2 Å². The Labute approximate surface area is 380 Å². The normalized spacial score (nSPS) is 17.8. The van der Waals surface area contributed by atoms with Gasteiger partial charge in [0.05, 0.1) is 64.4 Å². The van der Waals surface area contributed by atoms with Crippen molar-refractivity contribution in [1.29, 1.82) is 0 Å². The average molecular weight is 930 g/mol. The fourth-order valence-corrected chi connectivity index (χ4v) is 11.3. The van der Waals surface area contributed by atoms with Gasteiger partial charge in [0.2, 0.25) is 5.95 Å². The lowest BCUT2D eigenvalue weighted by molar-refractivity contribution is -0.141. The third-order valence-corrected chi connectivity index (χ3v) is 19.0. The van der Waals surface area contributed by atoms with Crippen LogP contribution < -0.4 is 11.0 Å². The van der Waals surface area contributed by atoms with Crippen molar-refractivity contribution < 1.29 is 36.3 Å². The van der Waals surface area contributed by atoms with Gasteiger partial charge in [-0.2, -0.15) is 4.39 Å². The molecule has 1 N–H and O–H groups in total. The van der Waals surface area contributed by atoms with Gasteiger partial charge in [0.15, 0.2) is 14.0 Å². The number of methoxy groups -OCH3 is 1. The van der Waals surface area contributed by atoms with Crippen LogP contribution in [0.15, 0.2) is 76.7 Å². The molecule has 0 bridgehead atoms. The minimum atomic E-state index is -4.54. The smallest absolute Gasteiger partial charge is 0.407 e. The summed E-state index contributed by atoms with van der Waals surface area (Å²) in [5.41, 5.74) is 1.07. The number of esters is 1. The van der Waals surface area contributed by atoms with Gasteiger partial charge in [0.1, 0.15) is 5.60 Å². The van der Waals surface area contributed by atoms with E-state index in [-0.39, 0.29) is 51.6 Å². The number of rotatable bonds is 12. The molecule has 1 aliphatic carbocycles. The number of hydrogen-bond donors (Lipinski definition) is 1. The highest BCUT2D eigenvalue weighted by Crippen LogP contribution is 2.48. The number of imidazole rings is 1. The van der Waals surface area contributed by atoms with Gasteiger partial charge in [-0.15, -0.1) is 5.10 Å². The van der Waals surface area contributed by atoms with Crippen LogP contribution in [0.1, 0.15) is 92.2 Å². The summed E-state index contributed by atoms with van der Waals surface area (Å²) >= 11 is 0. The summed E-state index contributed by atoms with van der Waals surface area (Å²) in [6, 6.07) is 14.0. The Kier molecular flexibility index (Phi) is 12.6. The van der Waals surface area contributed by atoms with Crippen molar-refractivity contribution in [2.75, 3.05) is 7.11 Å². The number of carbonyl (C=O) groups excluding carboxylic acids is 2. The Morgan fingerprint density at radius 2 is 1.68 bits per heavy atom. The van der Waals surface area contributed by atoms with E-state index < -0.39 is 59.9 Å². The summed E-state index contributed by atoms with van der Waals surface area (Å²) in [6.07, 6.45) is 2.54. The summed E-state index contributed by atoms with van der Waals surface area (Å²) in [6.45, 7) is 20.0. The predicted octanol–water partition coefficient (Wildman–Crippen LogP) is 8.90. The van der Waals surface area contributed by atoms with Crippen molar-refractivity contribution in [2.45, 2.75) is 134 Å². The molecule has 1 amide bonds. The van der Waals surface area contributed by atoms with Gasteiger partial charge in [-0.05, 0) is 87.8 Å². The number of ether oxygens (including phenoxy) is 2. The Morgan fingerprint density at radius 3 is 2.26 bits per heavy atom. The van der Waals surface area contributed by atoms with Gasteiger partial charge in [0, 0.05) is 31.4 Å². The van der Waals surface area contributed by atoms with E-state index in [2.05, 4.69) is 44.3 Å². The Bertz CT molecular complexity index is 2940. The standard InChI is InChI=1S/C47H60FN7O8SSi/c1-13-53-27-33(42(48)51-53)40-38(30-21-19-29(20-22-30)28(2)23-37(56)61-10)39-41-35(26-49-43(39)55(40)64(59,60)32-17-15-14-16-18-32)52(9)45(58)54(41)31-24-34(50-44(57)62-46(3,4)5)36(25-31)63-65(11,12)47(6,7)8/h14-22,26-28,31,34,36H,13,23-25H2,1-12H3,(H,50,57)/t28?,31-,34-,36+/m0/s1. The van der Waals surface area contributed by atoms with Gasteiger partial charge in [0.25, 0.3) is 10.0 Å². The van der Waals surface area contributed by atoms with E-state index in [1.165, 1.54) is 40.9 Å². The summed E-state index contributed by atoms with van der Waals surface area (Å²) in [4.78, 5) is 45.3. The van der Waals surface area contributed by atoms with Crippen LogP contribution in [0.4, 0.5) is 9.18 Å². The summed E-state index contributed by atoms with van der Waals surface area (Å²) < 4.78 is 70.1. The minimum absolute atomic E-state index is 0.0331. The Hall–Kier alpha value is -5.59. The SMILES string of the molecule is CCn1cc(-c2c(-c3ccc(C(C)CC(=O)OC)cc3)c3c(ncc4c3n([C@H]3C[C@H](NC(=O)OC(C)(C)C)[C@H](O[Si](C)(C)C(C)(C)C)C3)c(=O)n4C)n2S(=O)(=O)c2ccccc2)c(F)n1. The Morgan fingerprint density at radius 1 is 1.02 bits per heavy atom.